The summed E-state index contributed by atoms with van der Waals surface area (Å²) in [5.41, 5.74) is 2.60. The summed E-state index contributed by atoms with van der Waals surface area (Å²) in [7, 11) is 0. The lowest BCUT2D eigenvalue weighted by Gasteiger charge is -2.32. The summed E-state index contributed by atoms with van der Waals surface area (Å²) in [5, 5.41) is 9.63. The number of aliphatic carboxylic acids is 1. The van der Waals surface area contributed by atoms with E-state index in [0.717, 1.165) is 11.1 Å². The van der Waals surface area contributed by atoms with Crippen LogP contribution >= 0.6 is 11.6 Å². The maximum atomic E-state index is 14.6. The van der Waals surface area contributed by atoms with Gasteiger partial charge < -0.3 is 5.11 Å². The van der Waals surface area contributed by atoms with Gasteiger partial charge in [0.15, 0.2) is 6.67 Å². The molecule has 0 unspecified atom stereocenters. The third kappa shape index (κ3) is 4.73. The Morgan fingerprint density at radius 2 is 1.87 bits per heavy atom. The third-order valence-corrected chi connectivity index (χ3v) is 5.92. The normalized spacial score (nSPS) is 17.3. The zero-order valence-electron chi connectivity index (χ0n) is 16.8. The Morgan fingerprint density at radius 3 is 2.47 bits per heavy atom. The molecular weight excluding hydrogens is 417 g/mol. The number of anilines is 2. The molecule has 1 N–H and O–H groups in total. The fourth-order valence-electron chi connectivity index (χ4n) is 3.74. The number of aryl methyl sites for hydroxylation is 2. The second-order valence-electron chi connectivity index (χ2n) is 7.74. The number of nitrogens with zero attached hydrogens (tertiary/aromatic N) is 2. The molecule has 2 aromatic carbocycles. The van der Waals surface area contributed by atoms with Crippen molar-refractivity contribution in [1.82, 2.24) is 4.90 Å². The first-order valence-corrected chi connectivity index (χ1v) is 10.0. The number of rotatable bonds is 7. The molecule has 1 saturated heterocycles. The van der Waals surface area contributed by atoms with Gasteiger partial charge in [-0.15, -0.1) is 0 Å². The first-order valence-electron chi connectivity index (χ1n) is 9.67. The summed E-state index contributed by atoms with van der Waals surface area (Å²) in [4.78, 5) is 13.9. The van der Waals surface area contributed by atoms with Crippen LogP contribution in [-0.2, 0) is 11.3 Å². The zero-order valence-corrected chi connectivity index (χ0v) is 17.6. The van der Waals surface area contributed by atoms with Crippen molar-refractivity contribution in [3.05, 3.63) is 58.1 Å². The van der Waals surface area contributed by atoms with E-state index in [-0.39, 0.29) is 11.4 Å². The van der Waals surface area contributed by atoms with Gasteiger partial charge in [0.1, 0.15) is 0 Å². The number of hydrogen-bond acceptors (Lipinski definition) is 3. The van der Waals surface area contributed by atoms with E-state index in [2.05, 4.69) is 0 Å². The van der Waals surface area contributed by atoms with Crippen molar-refractivity contribution in [1.29, 1.82) is 0 Å². The number of likely N-dealkylation sites (tertiary alicyclic amines) is 1. The van der Waals surface area contributed by atoms with Crippen molar-refractivity contribution >= 4 is 28.9 Å². The minimum absolute atomic E-state index is 0.140. The molecule has 0 aromatic heterocycles. The molecule has 4 nitrogen and oxygen atoms in total. The minimum atomic E-state index is -3.74. The fraction of sp³-hybridized carbons (Fsp3) is 0.409. The molecule has 8 heteroatoms. The maximum Gasteiger partial charge on any atom is 0.357 e. The van der Waals surface area contributed by atoms with Crippen LogP contribution in [-0.4, -0.2) is 41.8 Å². The van der Waals surface area contributed by atoms with Crippen LogP contribution in [0.15, 0.2) is 36.4 Å². The number of halogens is 4. The molecule has 0 spiro atoms. The lowest BCUT2D eigenvalue weighted by molar-refractivity contribution is -0.141. The van der Waals surface area contributed by atoms with Crippen LogP contribution in [0.25, 0.3) is 0 Å². The number of carboxylic acids is 1. The van der Waals surface area contributed by atoms with Crippen LogP contribution in [0.2, 0.25) is 5.02 Å². The van der Waals surface area contributed by atoms with Crippen LogP contribution in [0.4, 0.5) is 24.5 Å². The zero-order chi connectivity index (χ0) is 22.1. The van der Waals surface area contributed by atoms with Gasteiger partial charge >= 0.3 is 12.0 Å². The molecular formula is C22H24ClF3N2O2. The van der Waals surface area contributed by atoms with Gasteiger partial charge in [0, 0.05) is 29.5 Å². The second kappa shape index (κ2) is 8.86. The van der Waals surface area contributed by atoms with E-state index >= 15 is 0 Å². The summed E-state index contributed by atoms with van der Waals surface area (Å²) < 4.78 is 42.6. The van der Waals surface area contributed by atoms with Crippen molar-refractivity contribution in [3.8, 4) is 0 Å². The number of hydrogen-bond donors (Lipinski definition) is 1. The highest BCUT2D eigenvalue weighted by molar-refractivity contribution is 6.31. The highest BCUT2D eigenvalue weighted by atomic mass is 35.5. The minimum Gasteiger partial charge on any atom is -0.481 e. The molecule has 1 aliphatic rings. The fourth-order valence-corrected chi connectivity index (χ4v) is 3.86. The molecule has 1 heterocycles. The Morgan fingerprint density at radius 1 is 1.20 bits per heavy atom. The van der Waals surface area contributed by atoms with Crippen LogP contribution in [0.3, 0.4) is 0 Å². The lowest BCUT2D eigenvalue weighted by Crippen LogP contribution is -2.40. The number of carboxylic acid groups (broad SMARTS) is 1. The molecule has 0 saturated carbocycles. The molecule has 1 fully saturated rings. The van der Waals surface area contributed by atoms with Gasteiger partial charge in [-0.1, -0.05) is 17.7 Å². The van der Waals surface area contributed by atoms with Crippen molar-refractivity contribution in [2.75, 3.05) is 24.7 Å². The van der Waals surface area contributed by atoms with Gasteiger partial charge in [0.05, 0.1) is 5.92 Å². The van der Waals surface area contributed by atoms with Crippen LogP contribution < -0.4 is 4.90 Å². The van der Waals surface area contributed by atoms with Gasteiger partial charge in [0.2, 0.25) is 0 Å². The Balaban J connectivity index is 1.95. The average Bonchev–Trinajstić information content (AvgIpc) is 3.16. The lowest BCUT2D eigenvalue weighted by atomic mass is 10.1. The van der Waals surface area contributed by atoms with Crippen molar-refractivity contribution in [3.63, 3.8) is 0 Å². The topological polar surface area (TPSA) is 43.8 Å². The average molecular weight is 441 g/mol. The quantitative estimate of drug-likeness (QED) is 0.572. The molecule has 30 heavy (non-hydrogen) atoms. The molecule has 2 aromatic rings. The highest BCUT2D eigenvalue weighted by Gasteiger charge is 2.39. The maximum absolute atomic E-state index is 14.6. The summed E-state index contributed by atoms with van der Waals surface area (Å²) >= 11 is 6.03. The standard InChI is InChI=1S/C22H24ClF3N2O2/c1-14-3-4-19(10-17(14)12-27-8-7-16(11-27)21(29)30)28(22(25,26)13-24)18-5-6-20(23)15(2)9-18/h3-6,9-10,16H,7-8,11-13H2,1-2H3,(H,29,30)/t16-/m1/s1. The Hall–Kier alpha value is -2.25. The molecule has 1 aliphatic heterocycles. The summed E-state index contributed by atoms with van der Waals surface area (Å²) in [6, 6.07) is 5.60. The second-order valence-corrected chi connectivity index (χ2v) is 8.15. The highest BCUT2D eigenvalue weighted by Crippen LogP contribution is 2.38. The first kappa shape index (κ1) is 22.4. The molecule has 0 amide bonds. The smallest absolute Gasteiger partial charge is 0.357 e. The van der Waals surface area contributed by atoms with Gasteiger partial charge in [-0.2, -0.15) is 8.78 Å². The van der Waals surface area contributed by atoms with Crippen LogP contribution in [0.5, 0.6) is 0 Å². The molecule has 162 valence electrons. The summed E-state index contributed by atoms with van der Waals surface area (Å²) in [6.45, 7) is 3.21. The molecule has 0 radical (unpaired) electrons. The van der Waals surface area contributed by atoms with E-state index in [4.69, 9.17) is 11.6 Å². The molecule has 0 bridgehead atoms. The first-order chi connectivity index (χ1) is 14.1. The van der Waals surface area contributed by atoms with E-state index in [1.54, 1.807) is 19.1 Å². The largest absolute Gasteiger partial charge is 0.481 e. The van der Waals surface area contributed by atoms with Gasteiger partial charge in [-0.3, -0.25) is 14.6 Å². The van der Waals surface area contributed by atoms with Gasteiger partial charge in [0.25, 0.3) is 0 Å². The van der Waals surface area contributed by atoms with E-state index < -0.39 is 24.6 Å². The number of carbonyl (C=O) groups is 1. The molecule has 0 aliphatic carbocycles. The SMILES string of the molecule is Cc1cc(N(c2ccc(C)c(CN3CC[C@@H](C(=O)O)C3)c2)C(F)(F)CF)ccc1Cl. The Labute approximate surface area is 178 Å². The Bertz CT molecular complexity index is 939. The van der Waals surface area contributed by atoms with E-state index in [1.807, 2.05) is 11.8 Å². The van der Waals surface area contributed by atoms with Crippen molar-refractivity contribution in [2.45, 2.75) is 32.9 Å². The van der Waals surface area contributed by atoms with Crippen molar-refractivity contribution < 1.29 is 23.1 Å². The van der Waals surface area contributed by atoms with E-state index in [9.17, 15) is 23.1 Å². The Kier molecular flexibility index (Phi) is 6.62. The predicted molar refractivity (Wildman–Crippen MR) is 111 cm³/mol. The predicted octanol–water partition coefficient (Wildman–Crippen LogP) is 5.56. The number of benzene rings is 2. The molecule has 1 atom stereocenters. The summed E-state index contributed by atoms with van der Waals surface area (Å²) in [5.74, 6) is -1.24. The van der Waals surface area contributed by atoms with Gasteiger partial charge in [-0.05, 0) is 73.8 Å². The van der Waals surface area contributed by atoms with Crippen LogP contribution in [0, 0.1) is 19.8 Å². The monoisotopic (exact) mass is 440 g/mol. The number of alkyl halides is 3. The van der Waals surface area contributed by atoms with E-state index in [1.165, 1.54) is 24.3 Å². The molecule has 3 rings (SSSR count). The van der Waals surface area contributed by atoms with Crippen molar-refractivity contribution in [2.24, 2.45) is 5.92 Å². The van der Waals surface area contributed by atoms with Gasteiger partial charge in [-0.25, -0.2) is 4.39 Å². The summed E-state index contributed by atoms with van der Waals surface area (Å²) in [6.07, 6.45) is 0.560. The third-order valence-electron chi connectivity index (χ3n) is 5.49. The van der Waals surface area contributed by atoms with Crippen LogP contribution in [0.1, 0.15) is 23.1 Å². The van der Waals surface area contributed by atoms with E-state index in [0.29, 0.717) is 41.5 Å².